The molecule has 0 saturated carbocycles. The maximum atomic E-state index is 13.0. The van der Waals surface area contributed by atoms with Crippen molar-refractivity contribution in [2.24, 2.45) is 0 Å². The standard InChI is InChI=1S/C19H21N9O2/c1-11-10-12(2)27-19(20-11)21-16(25-27)18(29)26-8-6-13(7-9-26)17-23-22-14-4-5-15(30-3)24-28(14)17/h4-5,10,13H,6-9H2,1-3H3. The fourth-order valence-corrected chi connectivity index (χ4v) is 3.89. The molecule has 0 aliphatic carbocycles. The second kappa shape index (κ2) is 7.01. The lowest BCUT2D eigenvalue weighted by molar-refractivity contribution is 0.0698. The molecule has 0 atom stereocenters. The van der Waals surface area contributed by atoms with Crippen LogP contribution in [0, 0.1) is 13.8 Å². The van der Waals surface area contributed by atoms with Crippen LogP contribution < -0.4 is 4.74 Å². The van der Waals surface area contributed by atoms with E-state index < -0.39 is 0 Å². The van der Waals surface area contributed by atoms with Crippen molar-refractivity contribution in [2.75, 3.05) is 20.2 Å². The van der Waals surface area contributed by atoms with Crippen molar-refractivity contribution >= 4 is 17.3 Å². The molecule has 1 aliphatic heterocycles. The van der Waals surface area contributed by atoms with Crippen molar-refractivity contribution in [3.63, 3.8) is 0 Å². The second-order valence-electron chi connectivity index (χ2n) is 7.46. The van der Waals surface area contributed by atoms with Crippen molar-refractivity contribution in [3.8, 4) is 5.88 Å². The van der Waals surface area contributed by atoms with Gasteiger partial charge in [0.15, 0.2) is 11.5 Å². The zero-order chi connectivity index (χ0) is 20.8. The quantitative estimate of drug-likeness (QED) is 0.498. The number of aromatic nitrogens is 8. The molecule has 5 heterocycles. The van der Waals surface area contributed by atoms with Crippen molar-refractivity contribution in [2.45, 2.75) is 32.6 Å². The van der Waals surface area contributed by atoms with Crippen LogP contribution >= 0.6 is 0 Å². The first-order valence-corrected chi connectivity index (χ1v) is 9.80. The number of carbonyl (C=O) groups excluding carboxylic acids is 1. The van der Waals surface area contributed by atoms with Crippen LogP contribution in [-0.4, -0.2) is 70.4 Å². The van der Waals surface area contributed by atoms with Crippen molar-refractivity contribution in [1.29, 1.82) is 0 Å². The summed E-state index contributed by atoms with van der Waals surface area (Å²) >= 11 is 0. The Morgan fingerprint density at radius 1 is 1.07 bits per heavy atom. The fourth-order valence-electron chi connectivity index (χ4n) is 3.89. The SMILES string of the molecule is COc1ccc2nnc(C3CCN(C(=O)c4nc5nc(C)cc(C)n5n4)CC3)n2n1. The molecule has 0 radical (unpaired) electrons. The zero-order valence-electron chi connectivity index (χ0n) is 17.0. The summed E-state index contributed by atoms with van der Waals surface area (Å²) in [5, 5.41) is 17.3. The van der Waals surface area contributed by atoms with Gasteiger partial charge in [-0.05, 0) is 38.8 Å². The highest BCUT2D eigenvalue weighted by Crippen LogP contribution is 2.27. The van der Waals surface area contributed by atoms with E-state index in [1.807, 2.05) is 26.0 Å². The van der Waals surface area contributed by atoms with E-state index in [4.69, 9.17) is 4.74 Å². The molecule has 0 unspecified atom stereocenters. The third-order valence-corrected chi connectivity index (χ3v) is 5.43. The monoisotopic (exact) mass is 407 g/mol. The Hall–Kier alpha value is -3.63. The molecule has 154 valence electrons. The summed E-state index contributed by atoms with van der Waals surface area (Å²) < 4.78 is 8.54. The number of amides is 1. The number of aryl methyl sites for hydroxylation is 2. The Kier molecular flexibility index (Phi) is 4.30. The van der Waals surface area contributed by atoms with Crippen LogP contribution in [0.15, 0.2) is 18.2 Å². The van der Waals surface area contributed by atoms with Gasteiger partial charge in [0.05, 0.1) is 7.11 Å². The summed E-state index contributed by atoms with van der Waals surface area (Å²) in [4.78, 5) is 23.4. The largest absolute Gasteiger partial charge is 0.480 e. The highest BCUT2D eigenvalue weighted by Gasteiger charge is 2.29. The molecular weight excluding hydrogens is 386 g/mol. The molecule has 5 rings (SSSR count). The van der Waals surface area contributed by atoms with Gasteiger partial charge in [-0.1, -0.05) is 0 Å². The van der Waals surface area contributed by atoms with Crippen LogP contribution in [0.4, 0.5) is 0 Å². The fraction of sp³-hybridized carbons (Fsp3) is 0.421. The molecular formula is C19H21N9O2. The average Bonchev–Trinajstić information content (AvgIpc) is 3.37. The lowest BCUT2D eigenvalue weighted by Gasteiger charge is -2.30. The van der Waals surface area contributed by atoms with E-state index in [-0.39, 0.29) is 17.6 Å². The first-order chi connectivity index (χ1) is 14.5. The number of carbonyl (C=O) groups is 1. The third-order valence-electron chi connectivity index (χ3n) is 5.43. The summed E-state index contributed by atoms with van der Waals surface area (Å²) in [6.45, 7) is 4.99. The van der Waals surface area contributed by atoms with E-state index in [2.05, 4.69) is 30.4 Å². The molecule has 0 spiro atoms. The Morgan fingerprint density at radius 2 is 1.87 bits per heavy atom. The number of ether oxygens (including phenoxy) is 1. The van der Waals surface area contributed by atoms with E-state index in [1.54, 1.807) is 27.1 Å². The number of methoxy groups -OCH3 is 1. The molecule has 1 saturated heterocycles. The lowest BCUT2D eigenvalue weighted by Crippen LogP contribution is -2.38. The van der Waals surface area contributed by atoms with Gasteiger partial charge >= 0.3 is 0 Å². The maximum Gasteiger partial charge on any atom is 0.293 e. The van der Waals surface area contributed by atoms with Gasteiger partial charge in [0.25, 0.3) is 11.7 Å². The van der Waals surface area contributed by atoms with E-state index >= 15 is 0 Å². The number of hydrogen-bond donors (Lipinski definition) is 0. The maximum absolute atomic E-state index is 13.0. The molecule has 0 aromatic carbocycles. The molecule has 30 heavy (non-hydrogen) atoms. The molecule has 1 fully saturated rings. The number of hydrogen-bond acceptors (Lipinski definition) is 8. The summed E-state index contributed by atoms with van der Waals surface area (Å²) in [5.74, 6) is 1.89. The number of fused-ring (bicyclic) bond motifs is 2. The highest BCUT2D eigenvalue weighted by atomic mass is 16.5. The molecule has 11 nitrogen and oxygen atoms in total. The van der Waals surface area contributed by atoms with Gasteiger partial charge in [0.1, 0.15) is 0 Å². The summed E-state index contributed by atoms with van der Waals surface area (Å²) in [5.41, 5.74) is 2.42. The number of rotatable bonds is 3. The smallest absolute Gasteiger partial charge is 0.293 e. The van der Waals surface area contributed by atoms with Gasteiger partial charge in [-0.3, -0.25) is 4.79 Å². The minimum Gasteiger partial charge on any atom is -0.480 e. The van der Waals surface area contributed by atoms with E-state index in [1.165, 1.54) is 0 Å². The normalized spacial score (nSPS) is 15.2. The van der Waals surface area contributed by atoms with Crippen molar-refractivity contribution in [1.82, 2.24) is 44.3 Å². The number of nitrogens with zero attached hydrogens (tertiary/aromatic N) is 9. The van der Waals surface area contributed by atoms with Gasteiger partial charge in [0.2, 0.25) is 11.7 Å². The zero-order valence-corrected chi connectivity index (χ0v) is 17.0. The second-order valence-corrected chi connectivity index (χ2v) is 7.46. The minimum absolute atomic E-state index is 0.157. The van der Waals surface area contributed by atoms with Crippen LogP contribution in [0.1, 0.15) is 46.6 Å². The van der Waals surface area contributed by atoms with Crippen LogP contribution in [-0.2, 0) is 0 Å². The van der Waals surface area contributed by atoms with Crippen molar-refractivity contribution in [3.05, 3.63) is 41.2 Å². The van der Waals surface area contributed by atoms with E-state index in [9.17, 15) is 4.79 Å². The Labute approximate surface area is 171 Å². The highest BCUT2D eigenvalue weighted by molar-refractivity contribution is 5.91. The number of likely N-dealkylation sites (tertiary alicyclic amines) is 1. The first kappa shape index (κ1) is 18.4. The van der Waals surface area contributed by atoms with Crippen LogP contribution in [0.5, 0.6) is 5.88 Å². The van der Waals surface area contributed by atoms with Crippen molar-refractivity contribution < 1.29 is 9.53 Å². The molecule has 0 N–H and O–H groups in total. The Morgan fingerprint density at radius 3 is 2.63 bits per heavy atom. The Balaban J connectivity index is 1.34. The van der Waals surface area contributed by atoms with Crippen LogP contribution in [0.25, 0.3) is 11.4 Å². The topological polar surface area (TPSA) is 116 Å². The van der Waals surface area contributed by atoms with Gasteiger partial charge < -0.3 is 9.64 Å². The molecule has 1 amide bonds. The van der Waals surface area contributed by atoms with E-state index in [0.29, 0.717) is 30.4 Å². The summed E-state index contributed by atoms with van der Waals surface area (Å²) in [6, 6.07) is 5.50. The molecule has 1 aliphatic rings. The number of piperidine rings is 1. The first-order valence-electron chi connectivity index (χ1n) is 9.80. The van der Waals surface area contributed by atoms with E-state index in [0.717, 1.165) is 30.1 Å². The van der Waals surface area contributed by atoms with Gasteiger partial charge in [0, 0.05) is 36.5 Å². The predicted molar refractivity (Wildman–Crippen MR) is 105 cm³/mol. The summed E-state index contributed by atoms with van der Waals surface area (Å²) in [7, 11) is 1.58. The predicted octanol–water partition coefficient (Wildman–Crippen LogP) is 1.21. The molecule has 4 aromatic rings. The van der Waals surface area contributed by atoms with Gasteiger partial charge in [-0.25, -0.2) is 9.50 Å². The Bertz CT molecular complexity index is 1250. The third kappa shape index (κ3) is 3.02. The van der Waals surface area contributed by atoms with Crippen LogP contribution in [0.3, 0.4) is 0 Å². The summed E-state index contributed by atoms with van der Waals surface area (Å²) in [6.07, 6.45) is 1.52. The average molecular weight is 407 g/mol. The molecule has 0 bridgehead atoms. The van der Waals surface area contributed by atoms with Gasteiger partial charge in [-0.2, -0.15) is 9.50 Å². The minimum atomic E-state index is -0.179. The van der Waals surface area contributed by atoms with Crippen LogP contribution in [0.2, 0.25) is 0 Å². The molecule has 11 heteroatoms. The van der Waals surface area contributed by atoms with Gasteiger partial charge in [-0.15, -0.1) is 20.4 Å². The lowest BCUT2D eigenvalue weighted by atomic mass is 9.96. The molecule has 4 aromatic heterocycles.